The van der Waals surface area contributed by atoms with Gasteiger partial charge in [-0.2, -0.15) is 4.99 Å². The Hall–Kier alpha value is -2.25. The number of benzene rings is 1. The molecule has 0 atom stereocenters. The molecule has 0 fully saturated rings. The summed E-state index contributed by atoms with van der Waals surface area (Å²) in [4.78, 5) is 20.1. The summed E-state index contributed by atoms with van der Waals surface area (Å²) in [6.07, 6.45) is 3.45. The van der Waals surface area contributed by atoms with Crippen molar-refractivity contribution < 1.29 is 4.79 Å². The standard InChI is InChI=1S/C14H12N4OS2/c1-17-7-8-21-14(17)16-12(19)11-9-15-13(20)18(11)10-5-3-2-4-6-10/h2-9H,1H3,(H,15,20). The van der Waals surface area contributed by atoms with Crippen LogP contribution >= 0.6 is 23.6 Å². The van der Waals surface area contributed by atoms with Gasteiger partial charge in [0.05, 0.1) is 0 Å². The zero-order valence-electron chi connectivity index (χ0n) is 11.2. The molecule has 0 radical (unpaired) electrons. The lowest BCUT2D eigenvalue weighted by Crippen LogP contribution is -2.14. The van der Waals surface area contributed by atoms with E-state index in [2.05, 4.69) is 9.98 Å². The number of hydrogen-bond donors (Lipinski definition) is 1. The molecule has 21 heavy (non-hydrogen) atoms. The zero-order valence-corrected chi connectivity index (χ0v) is 12.8. The van der Waals surface area contributed by atoms with Gasteiger partial charge >= 0.3 is 0 Å². The fourth-order valence-electron chi connectivity index (χ4n) is 1.94. The first-order valence-corrected chi connectivity index (χ1v) is 7.50. The predicted molar refractivity (Wildman–Crippen MR) is 84.1 cm³/mol. The number of imidazole rings is 1. The molecule has 2 aromatic heterocycles. The third kappa shape index (κ3) is 2.65. The van der Waals surface area contributed by atoms with Crippen molar-refractivity contribution in [2.24, 2.45) is 12.0 Å². The van der Waals surface area contributed by atoms with Crippen molar-refractivity contribution in [3.05, 3.63) is 63.4 Å². The van der Waals surface area contributed by atoms with Crippen molar-refractivity contribution in [2.75, 3.05) is 0 Å². The summed E-state index contributed by atoms with van der Waals surface area (Å²) in [5.74, 6) is -0.329. The van der Waals surface area contributed by atoms with Gasteiger partial charge in [0.1, 0.15) is 5.69 Å². The smallest absolute Gasteiger partial charge is 0.298 e. The molecule has 1 aromatic carbocycles. The Morgan fingerprint density at radius 2 is 2.10 bits per heavy atom. The van der Waals surface area contributed by atoms with Crippen molar-refractivity contribution in [1.29, 1.82) is 0 Å². The van der Waals surface area contributed by atoms with E-state index in [0.29, 0.717) is 15.3 Å². The van der Waals surface area contributed by atoms with Crippen LogP contribution in [-0.4, -0.2) is 20.0 Å². The molecule has 0 aliphatic heterocycles. The fourth-order valence-corrected chi connectivity index (χ4v) is 2.93. The number of nitrogens with zero attached hydrogens (tertiary/aromatic N) is 3. The van der Waals surface area contributed by atoms with Crippen LogP contribution in [0.2, 0.25) is 0 Å². The van der Waals surface area contributed by atoms with Crippen molar-refractivity contribution in [1.82, 2.24) is 14.1 Å². The Morgan fingerprint density at radius 3 is 2.76 bits per heavy atom. The number of aromatic amines is 1. The zero-order chi connectivity index (χ0) is 14.8. The highest BCUT2D eigenvalue weighted by atomic mass is 32.1. The summed E-state index contributed by atoms with van der Waals surface area (Å²) in [6, 6.07) is 9.50. The second-order valence-corrected chi connectivity index (χ2v) is 5.62. The Labute approximate surface area is 129 Å². The van der Waals surface area contributed by atoms with Gasteiger partial charge in [0.2, 0.25) is 0 Å². The Balaban J connectivity index is 2.11. The topological polar surface area (TPSA) is 55.1 Å². The number of carbonyl (C=O) groups excluding carboxylic acids is 1. The highest BCUT2D eigenvalue weighted by Gasteiger charge is 2.13. The van der Waals surface area contributed by atoms with E-state index in [1.165, 1.54) is 11.3 Å². The van der Waals surface area contributed by atoms with Crippen molar-refractivity contribution >= 4 is 29.5 Å². The normalized spacial score (nSPS) is 11.8. The number of rotatable bonds is 2. The minimum atomic E-state index is -0.329. The van der Waals surface area contributed by atoms with E-state index in [1.807, 2.05) is 49.0 Å². The highest BCUT2D eigenvalue weighted by Crippen LogP contribution is 2.13. The Kier molecular flexibility index (Phi) is 3.68. The summed E-state index contributed by atoms with van der Waals surface area (Å²) in [7, 11) is 1.85. The first-order chi connectivity index (χ1) is 10.2. The summed E-state index contributed by atoms with van der Waals surface area (Å²) in [5, 5.41) is 1.88. The number of amides is 1. The van der Waals surface area contributed by atoms with E-state index < -0.39 is 0 Å². The molecule has 1 amide bonds. The summed E-state index contributed by atoms with van der Waals surface area (Å²) in [6.45, 7) is 0. The molecule has 0 saturated heterocycles. The molecule has 106 valence electrons. The molecule has 0 aliphatic rings. The molecule has 3 rings (SSSR count). The van der Waals surface area contributed by atoms with Crippen molar-refractivity contribution in [3.8, 4) is 5.69 Å². The first-order valence-electron chi connectivity index (χ1n) is 6.22. The Bertz CT molecular complexity index is 899. The number of hydrogen-bond acceptors (Lipinski definition) is 3. The number of para-hydroxylation sites is 1. The molecule has 0 spiro atoms. The molecule has 0 unspecified atom stereocenters. The largest absolute Gasteiger partial charge is 0.336 e. The molecule has 0 bridgehead atoms. The third-order valence-corrected chi connectivity index (χ3v) is 4.12. The third-order valence-electron chi connectivity index (χ3n) is 2.97. The van der Waals surface area contributed by atoms with Crippen LogP contribution in [-0.2, 0) is 7.05 Å². The first kappa shape index (κ1) is 13.7. The average Bonchev–Trinajstić information content (AvgIpc) is 3.06. The van der Waals surface area contributed by atoms with Crippen LogP contribution in [0.25, 0.3) is 5.69 Å². The monoisotopic (exact) mass is 316 g/mol. The molecule has 5 nitrogen and oxygen atoms in total. The van der Waals surface area contributed by atoms with Gasteiger partial charge in [-0.05, 0) is 24.4 Å². The van der Waals surface area contributed by atoms with Crippen molar-refractivity contribution in [2.45, 2.75) is 0 Å². The van der Waals surface area contributed by atoms with Crippen LogP contribution in [0.15, 0.2) is 53.1 Å². The molecule has 1 N–H and O–H groups in total. The van der Waals surface area contributed by atoms with Gasteiger partial charge in [0.15, 0.2) is 9.57 Å². The molecule has 2 heterocycles. The van der Waals surface area contributed by atoms with Crippen LogP contribution in [0.5, 0.6) is 0 Å². The Morgan fingerprint density at radius 1 is 1.33 bits per heavy atom. The lowest BCUT2D eigenvalue weighted by molar-refractivity contribution is 0.0991. The minimum absolute atomic E-state index is 0.329. The van der Waals surface area contributed by atoms with E-state index >= 15 is 0 Å². The highest BCUT2D eigenvalue weighted by molar-refractivity contribution is 7.71. The molecular formula is C14H12N4OS2. The average molecular weight is 316 g/mol. The van der Waals surface area contributed by atoms with Crippen LogP contribution in [0.3, 0.4) is 0 Å². The predicted octanol–water partition coefficient (Wildman–Crippen LogP) is 2.68. The molecule has 7 heteroatoms. The van der Waals surface area contributed by atoms with Crippen LogP contribution in [0.4, 0.5) is 0 Å². The number of H-pyrrole nitrogens is 1. The number of aromatic nitrogens is 3. The van der Waals surface area contributed by atoms with E-state index in [1.54, 1.807) is 15.3 Å². The second-order valence-electron chi connectivity index (χ2n) is 4.36. The SMILES string of the molecule is Cn1ccsc1=NC(=O)c1c[nH]c(=S)n1-c1ccccc1. The summed E-state index contributed by atoms with van der Waals surface area (Å²) >= 11 is 6.67. The van der Waals surface area contributed by atoms with Gasteiger partial charge in [0, 0.05) is 30.5 Å². The lowest BCUT2D eigenvalue weighted by atomic mass is 10.3. The van der Waals surface area contributed by atoms with E-state index in [4.69, 9.17) is 12.2 Å². The molecular weight excluding hydrogens is 304 g/mol. The lowest BCUT2D eigenvalue weighted by Gasteiger charge is -2.05. The van der Waals surface area contributed by atoms with Crippen LogP contribution in [0.1, 0.15) is 10.5 Å². The maximum Gasteiger partial charge on any atom is 0.298 e. The van der Waals surface area contributed by atoms with Crippen LogP contribution in [0, 0.1) is 4.77 Å². The van der Waals surface area contributed by atoms with Crippen molar-refractivity contribution in [3.63, 3.8) is 0 Å². The van der Waals surface area contributed by atoms with E-state index in [0.717, 1.165) is 5.69 Å². The number of carbonyl (C=O) groups is 1. The van der Waals surface area contributed by atoms with Gasteiger partial charge in [-0.3, -0.25) is 9.36 Å². The van der Waals surface area contributed by atoms with Gasteiger partial charge in [-0.15, -0.1) is 11.3 Å². The summed E-state index contributed by atoms with van der Waals surface area (Å²) < 4.78 is 3.96. The minimum Gasteiger partial charge on any atom is -0.336 e. The quantitative estimate of drug-likeness (QED) is 0.739. The van der Waals surface area contributed by atoms with Gasteiger partial charge in [-0.25, -0.2) is 0 Å². The molecule has 3 aromatic rings. The molecule has 0 aliphatic carbocycles. The van der Waals surface area contributed by atoms with E-state index in [-0.39, 0.29) is 5.91 Å². The van der Waals surface area contributed by atoms with Gasteiger partial charge in [0.25, 0.3) is 5.91 Å². The van der Waals surface area contributed by atoms with Gasteiger partial charge in [-0.1, -0.05) is 18.2 Å². The number of nitrogens with one attached hydrogen (secondary N) is 1. The number of thiazole rings is 1. The summed E-state index contributed by atoms with van der Waals surface area (Å²) in [5.41, 5.74) is 1.25. The molecule has 0 saturated carbocycles. The maximum atomic E-state index is 12.4. The second kappa shape index (κ2) is 5.63. The number of aryl methyl sites for hydroxylation is 1. The fraction of sp³-hybridized carbons (Fsp3) is 0.0714. The van der Waals surface area contributed by atoms with Crippen LogP contribution < -0.4 is 4.80 Å². The van der Waals surface area contributed by atoms with E-state index in [9.17, 15) is 4.79 Å². The maximum absolute atomic E-state index is 12.4. The van der Waals surface area contributed by atoms with Gasteiger partial charge < -0.3 is 9.55 Å².